The second-order valence-corrected chi connectivity index (χ2v) is 4.62. The van der Waals surface area contributed by atoms with E-state index in [9.17, 15) is 14.0 Å². The molecule has 1 atom stereocenters. The van der Waals surface area contributed by atoms with Crippen molar-refractivity contribution in [2.75, 3.05) is 6.61 Å². The molecule has 3 nitrogen and oxygen atoms in total. The largest absolute Gasteiger partial charge is 0.493 e. The molecule has 5 heteroatoms. The average Bonchev–Trinajstić information content (AvgIpc) is 2.51. The van der Waals surface area contributed by atoms with Crippen LogP contribution in [0.5, 0.6) is 5.75 Å². The molecule has 2 aromatic carbocycles. The summed E-state index contributed by atoms with van der Waals surface area (Å²) >= 11 is 0. The summed E-state index contributed by atoms with van der Waals surface area (Å²) in [5.74, 6) is -1.71. The summed E-state index contributed by atoms with van der Waals surface area (Å²) in [6.07, 6.45) is 0.229. The van der Waals surface area contributed by atoms with Crippen LogP contribution in [0.2, 0.25) is 0 Å². The molecule has 21 heavy (non-hydrogen) atoms. The van der Waals surface area contributed by atoms with Crippen LogP contribution < -0.4 is 10.5 Å². The van der Waals surface area contributed by atoms with Crippen LogP contribution in [0.25, 0.3) is 0 Å². The van der Waals surface area contributed by atoms with Gasteiger partial charge in [-0.3, -0.25) is 0 Å². The van der Waals surface area contributed by atoms with Crippen LogP contribution in [0, 0.1) is 23.0 Å². The Labute approximate surface area is 121 Å². The molecule has 2 aromatic rings. The van der Waals surface area contributed by atoms with Gasteiger partial charge in [0.2, 0.25) is 0 Å². The lowest BCUT2D eigenvalue weighted by Crippen LogP contribution is -2.36. The van der Waals surface area contributed by atoms with Gasteiger partial charge in [-0.05, 0) is 17.7 Å². The highest BCUT2D eigenvalue weighted by molar-refractivity contribution is 5.30. The quantitative estimate of drug-likeness (QED) is 0.919. The predicted octanol–water partition coefficient (Wildman–Crippen LogP) is 3.11. The lowest BCUT2D eigenvalue weighted by Gasteiger charge is -2.22. The van der Waals surface area contributed by atoms with E-state index in [0.717, 1.165) is 12.1 Å². The summed E-state index contributed by atoms with van der Waals surface area (Å²) in [6.45, 7) is 0.115. The molecule has 0 amide bonds. The molecule has 1 unspecified atom stereocenters. The monoisotopic (exact) mass is 288 g/mol. The second kappa shape index (κ2) is 6.33. The van der Waals surface area contributed by atoms with Crippen LogP contribution >= 0.6 is 0 Å². The molecule has 2 N–H and O–H groups in total. The number of ether oxygens (including phenoxy) is 1. The molecule has 108 valence electrons. The van der Waals surface area contributed by atoms with Gasteiger partial charge in [0, 0.05) is 12.5 Å². The summed E-state index contributed by atoms with van der Waals surface area (Å²) in [6, 6.07) is 14.3. The number of rotatable bonds is 5. The van der Waals surface area contributed by atoms with E-state index in [4.69, 9.17) is 10.5 Å². The van der Waals surface area contributed by atoms with Crippen LogP contribution in [0.1, 0.15) is 12.0 Å². The predicted molar refractivity (Wildman–Crippen MR) is 74.4 cm³/mol. The third kappa shape index (κ3) is 3.56. The minimum atomic E-state index is -1.18. The molecule has 0 bridgehead atoms. The first-order valence-corrected chi connectivity index (χ1v) is 6.39. The standard InChI is InChI=1S/C16H14F2N2O/c17-14-7-6-13(10-15(14)18)21-9-8-16(20,11-19)12-4-2-1-3-5-12/h1-7,10H,8-9,20H2. The van der Waals surface area contributed by atoms with Crippen molar-refractivity contribution >= 4 is 0 Å². The SMILES string of the molecule is N#CC(N)(CCOc1ccc(F)c(F)c1)c1ccccc1. The maximum absolute atomic E-state index is 13.0. The molecule has 0 radical (unpaired) electrons. The van der Waals surface area contributed by atoms with Crippen LogP contribution in [0.4, 0.5) is 8.78 Å². The fourth-order valence-corrected chi connectivity index (χ4v) is 1.90. The minimum absolute atomic E-state index is 0.115. The molecule has 0 aliphatic heterocycles. The lowest BCUT2D eigenvalue weighted by molar-refractivity contribution is 0.279. The number of hydrogen-bond donors (Lipinski definition) is 1. The van der Waals surface area contributed by atoms with Crippen molar-refractivity contribution in [2.45, 2.75) is 12.0 Å². The fraction of sp³-hybridized carbons (Fsp3) is 0.188. The molecule has 0 aromatic heterocycles. The zero-order valence-electron chi connectivity index (χ0n) is 11.2. The topological polar surface area (TPSA) is 59.0 Å². The van der Waals surface area contributed by atoms with Crippen molar-refractivity contribution in [3.63, 3.8) is 0 Å². The van der Waals surface area contributed by atoms with E-state index in [0.29, 0.717) is 5.56 Å². The van der Waals surface area contributed by atoms with Crippen LogP contribution in [-0.2, 0) is 5.54 Å². The number of nitriles is 1. The van der Waals surface area contributed by atoms with E-state index in [-0.39, 0.29) is 18.8 Å². The van der Waals surface area contributed by atoms with E-state index in [1.54, 1.807) is 24.3 Å². The fourth-order valence-electron chi connectivity index (χ4n) is 1.90. The minimum Gasteiger partial charge on any atom is -0.493 e. The highest BCUT2D eigenvalue weighted by atomic mass is 19.2. The van der Waals surface area contributed by atoms with E-state index in [1.807, 2.05) is 6.07 Å². The summed E-state index contributed by atoms with van der Waals surface area (Å²) in [4.78, 5) is 0. The van der Waals surface area contributed by atoms with Gasteiger partial charge >= 0.3 is 0 Å². The molecule has 0 heterocycles. The third-order valence-electron chi connectivity index (χ3n) is 3.14. The third-order valence-corrected chi connectivity index (χ3v) is 3.14. The molecule has 0 aliphatic carbocycles. The molecule has 0 saturated heterocycles. The van der Waals surface area contributed by atoms with E-state index >= 15 is 0 Å². The van der Waals surface area contributed by atoms with Crippen LogP contribution in [0.15, 0.2) is 48.5 Å². The zero-order valence-corrected chi connectivity index (χ0v) is 11.2. The summed E-state index contributed by atoms with van der Waals surface area (Å²) in [5.41, 5.74) is 5.56. The van der Waals surface area contributed by atoms with Gasteiger partial charge in [-0.15, -0.1) is 0 Å². The van der Waals surface area contributed by atoms with Gasteiger partial charge < -0.3 is 10.5 Å². The molecule has 0 spiro atoms. The lowest BCUT2D eigenvalue weighted by atomic mass is 9.89. The summed E-state index contributed by atoms with van der Waals surface area (Å²) in [5, 5.41) is 9.28. The highest BCUT2D eigenvalue weighted by Crippen LogP contribution is 2.22. The Hall–Kier alpha value is -2.45. The van der Waals surface area contributed by atoms with Crippen LogP contribution in [0.3, 0.4) is 0 Å². The Bertz CT molecular complexity index is 655. The Morgan fingerprint density at radius 1 is 1.10 bits per heavy atom. The molecule has 2 rings (SSSR count). The van der Waals surface area contributed by atoms with E-state index in [1.165, 1.54) is 6.07 Å². The molecule has 0 fully saturated rings. The number of nitrogens with two attached hydrogens (primary N) is 1. The smallest absolute Gasteiger partial charge is 0.162 e. The van der Waals surface area contributed by atoms with Gasteiger partial charge in [0.05, 0.1) is 12.7 Å². The Morgan fingerprint density at radius 2 is 1.81 bits per heavy atom. The van der Waals surface area contributed by atoms with E-state index in [2.05, 4.69) is 6.07 Å². The first kappa shape index (κ1) is 14.9. The molecular formula is C16H14F2N2O. The van der Waals surface area contributed by atoms with E-state index < -0.39 is 17.2 Å². The van der Waals surface area contributed by atoms with Crippen molar-refractivity contribution in [2.24, 2.45) is 5.73 Å². The average molecular weight is 288 g/mol. The number of halogens is 2. The van der Waals surface area contributed by atoms with Crippen molar-refractivity contribution in [3.05, 3.63) is 65.7 Å². The first-order valence-electron chi connectivity index (χ1n) is 6.39. The van der Waals surface area contributed by atoms with Gasteiger partial charge in [0.15, 0.2) is 11.6 Å². The summed E-state index contributed by atoms with van der Waals surface area (Å²) < 4.78 is 31.2. The number of nitrogens with zero attached hydrogens (tertiary/aromatic N) is 1. The van der Waals surface area contributed by atoms with Crippen molar-refractivity contribution in [1.29, 1.82) is 5.26 Å². The highest BCUT2D eigenvalue weighted by Gasteiger charge is 2.26. The Morgan fingerprint density at radius 3 is 2.43 bits per heavy atom. The van der Waals surface area contributed by atoms with Gasteiger partial charge in [-0.2, -0.15) is 5.26 Å². The summed E-state index contributed by atoms with van der Waals surface area (Å²) in [7, 11) is 0. The maximum Gasteiger partial charge on any atom is 0.162 e. The van der Waals surface area contributed by atoms with Crippen LogP contribution in [-0.4, -0.2) is 6.61 Å². The second-order valence-electron chi connectivity index (χ2n) is 4.62. The first-order chi connectivity index (χ1) is 10.0. The Kier molecular flexibility index (Phi) is 4.51. The molecule has 0 aliphatic rings. The zero-order chi connectivity index (χ0) is 15.3. The van der Waals surface area contributed by atoms with Crippen molar-refractivity contribution in [3.8, 4) is 11.8 Å². The molecular weight excluding hydrogens is 274 g/mol. The normalized spacial score (nSPS) is 13.2. The van der Waals surface area contributed by atoms with Gasteiger partial charge in [0.25, 0.3) is 0 Å². The number of benzene rings is 2. The Balaban J connectivity index is 2.01. The van der Waals surface area contributed by atoms with Gasteiger partial charge in [-0.1, -0.05) is 30.3 Å². The van der Waals surface area contributed by atoms with Crippen molar-refractivity contribution in [1.82, 2.24) is 0 Å². The van der Waals surface area contributed by atoms with Crippen molar-refractivity contribution < 1.29 is 13.5 Å². The van der Waals surface area contributed by atoms with Gasteiger partial charge in [-0.25, -0.2) is 8.78 Å². The molecule has 0 saturated carbocycles. The maximum atomic E-state index is 13.0. The number of hydrogen-bond acceptors (Lipinski definition) is 3. The van der Waals surface area contributed by atoms with Gasteiger partial charge in [0.1, 0.15) is 11.3 Å².